The van der Waals surface area contributed by atoms with Gasteiger partial charge < -0.3 is 4.90 Å². The number of allylic oxidation sites excluding steroid dienone is 6. The van der Waals surface area contributed by atoms with Crippen LogP contribution in [0.3, 0.4) is 0 Å². The van der Waals surface area contributed by atoms with Crippen molar-refractivity contribution in [1.29, 1.82) is 0 Å². The molecule has 0 bridgehead atoms. The van der Waals surface area contributed by atoms with E-state index in [9.17, 15) is 0 Å². The fourth-order valence-electron chi connectivity index (χ4n) is 3.56. The topological polar surface area (TPSA) is 15.6 Å². The molecule has 0 spiro atoms. The van der Waals surface area contributed by atoms with E-state index in [1.165, 1.54) is 30.4 Å². The second-order valence-corrected chi connectivity index (χ2v) is 7.69. The van der Waals surface area contributed by atoms with E-state index in [2.05, 4.69) is 88.4 Å². The predicted octanol–water partition coefficient (Wildman–Crippen LogP) is 6.80. The van der Waals surface area contributed by atoms with Crippen molar-refractivity contribution in [2.45, 2.75) is 72.8 Å². The van der Waals surface area contributed by atoms with Gasteiger partial charge in [0.15, 0.2) is 0 Å². The van der Waals surface area contributed by atoms with Crippen LogP contribution in [-0.2, 0) is 0 Å². The van der Waals surface area contributed by atoms with Crippen LogP contribution in [0.25, 0.3) is 0 Å². The van der Waals surface area contributed by atoms with Crippen LogP contribution in [0.5, 0.6) is 0 Å². The van der Waals surface area contributed by atoms with E-state index in [1.54, 1.807) is 0 Å². The summed E-state index contributed by atoms with van der Waals surface area (Å²) in [5.41, 5.74) is 2.70. The van der Waals surface area contributed by atoms with Gasteiger partial charge in [-0.15, -0.1) is 0 Å². The third kappa shape index (κ3) is 5.59. The summed E-state index contributed by atoms with van der Waals surface area (Å²) in [5, 5.41) is 0. The van der Waals surface area contributed by atoms with Crippen molar-refractivity contribution < 1.29 is 0 Å². The Balaban J connectivity index is 2.59. The summed E-state index contributed by atoms with van der Waals surface area (Å²) >= 11 is 0. The van der Waals surface area contributed by atoms with E-state index in [4.69, 9.17) is 4.99 Å². The molecule has 2 nitrogen and oxygen atoms in total. The normalized spacial score (nSPS) is 25.7. The van der Waals surface area contributed by atoms with E-state index in [1.807, 2.05) is 0 Å². The molecule has 0 amide bonds. The molecule has 0 N–H and O–H groups in total. The number of amidine groups is 1. The third-order valence-electron chi connectivity index (χ3n) is 5.36. The van der Waals surface area contributed by atoms with Crippen molar-refractivity contribution in [3.63, 3.8) is 0 Å². The van der Waals surface area contributed by atoms with Gasteiger partial charge in [0, 0.05) is 18.0 Å². The molecule has 2 aliphatic heterocycles. The van der Waals surface area contributed by atoms with Crippen molar-refractivity contribution in [1.82, 2.24) is 4.90 Å². The second kappa shape index (κ2) is 10.4. The Morgan fingerprint density at radius 2 is 1.85 bits per heavy atom. The summed E-state index contributed by atoms with van der Waals surface area (Å²) in [6, 6.07) is 0.247. The van der Waals surface area contributed by atoms with Gasteiger partial charge in [0.05, 0.1) is 6.04 Å². The van der Waals surface area contributed by atoms with Crippen LogP contribution < -0.4 is 0 Å². The first-order chi connectivity index (χ1) is 12.5. The summed E-state index contributed by atoms with van der Waals surface area (Å²) in [6.07, 6.45) is 23.7. The summed E-state index contributed by atoms with van der Waals surface area (Å²) in [4.78, 5) is 7.50. The van der Waals surface area contributed by atoms with Gasteiger partial charge in [-0.25, -0.2) is 0 Å². The second-order valence-electron chi connectivity index (χ2n) is 7.69. The summed E-state index contributed by atoms with van der Waals surface area (Å²) in [6.45, 7) is 11.3. The minimum Gasteiger partial charge on any atom is -0.309 e. The summed E-state index contributed by atoms with van der Waals surface area (Å²) in [5.74, 6) is 2.03. The fourth-order valence-corrected chi connectivity index (χ4v) is 3.56. The maximum atomic E-state index is 5.25. The lowest BCUT2D eigenvalue weighted by Crippen LogP contribution is -2.29. The van der Waals surface area contributed by atoms with Crippen molar-refractivity contribution in [2.24, 2.45) is 16.8 Å². The number of hydrogen-bond acceptors (Lipinski definition) is 2. The highest BCUT2D eigenvalue weighted by Crippen LogP contribution is 2.27. The van der Waals surface area contributed by atoms with E-state index in [-0.39, 0.29) is 6.04 Å². The first kappa shape index (κ1) is 20.5. The zero-order valence-corrected chi connectivity index (χ0v) is 17.3. The van der Waals surface area contributed by atoms with Gasteiger partial charge in [0.25, 0.3) is 0 Å². The van der Waals surface area contributed by atoms with Gasteiger partial charge in [-0.3, -0.25) is 4.99 Å². The Bertz CT molecular complexity index is 617. The maximum Gasteiger partial charge on any atom is 0.135 e. The van der Waals surface area contributed by atoms with E-state index >= 15 is 0 Å². The van der Waals surface area contributed by atoms with Crippen LogP contribution >= 0.6 is 0 Å². The highest BCUT2D eigenvalue weighted by atomic mass is 15.2. The van der Waals surface area contributed by atoms with Crippen LogP contribution in [0.1, 0.15) is 66.7 Å². The van der Waals surface area contributed by atoms with Crippen LogP contribution in [-0.4, -0.2) is 16.8 Å². The molecule has 26 heavy (non-hydrogen) atoms. The molecule has 3 unspecified atom stereocenters. The Morgan fingerprint density at radius 1 is 1.15 bits per heavy atom. The van der Waals surface area contributed by atoms with Gasteiger partial charge in [-0.2, -0.15) is 0 Å². The predicted molar refractivity (Wildman–Crippen MR) is 115 cm³/mol. The molecule has 0 aliphatic carbocycles. The lowest BCUT2D eigenvalue weighted by molar-refractivity contribution is 0.560. The fraction of sp³-hybridized carbons (Fsp3) is 0.542. The number of hydrogen-bond donors (Lipinski definition) is 0. The quantitative estimate of drug-likeness (QED) is 0.545. The van der Waals surface area contributed by atoms with Gasteiger partial charge in [-0.05, 0) is 56.9 Å². The molecule has 0 aromatic rings. The van der Waals surface area contributed by atoms with Gasteiger partial charge in [0.2, 0.25) is 0 Å². The number of rotatable bonds is 3. The van der Waals surface area contributed by atoms with Crippen LogP contribution in [0.15, 0.2) is 65.0 Å². The first-order valence-electron chi connectivity index (χ1n) is 10.3. The highest BCUT2D eigenvalue weighted by Gasteiger charge is 2.22. The van der Waals surface area contributed by atoms with Crippen LogP contribution in [0.2, 0.25) is 0 Å². The molecule has 0 fully saturated rings. The molecule has 142 valence electrons. The Hall–Kier alpha value is -1.83. The van der Waals surface area contributed by atoms with Crippen molar-refractivity contribution >= 4 is 5.84 Å². The summed E-state index contributed by atoms with van der Waals surface area (Å²) in [7, 11) is 0. The molecule has 3 atom stereocenters. The van der Waals surface area contributed by atoms with Gasteiger partial charge in [0.1, 0.15) is 5.84 Å². The van der Waals surface area contributed by atoms with Crippen LogP contribution in [0, 0.1) is 11.8 Å². The minimum absolute atomic E-state index is 0.247. The molecular formula is C24H36N2. The molecular weight excluding hydrogens is 316 g/mol. The summed E-state index contributed by atoms with van der Waals surface area (Å²) < 4.78 is 0. The average molecular weight is 353 g/mol. The standard InChI is InChI=1S/C24H36N2/c1-6-14-20(3)23-21(4)16-11-10-15-19(2)22(5)25-24(23)26-17-12-8-7-9-13-18-26/h10-13,15-20,22H,6-9,14H2,1-5H3. The lowest BCUT2D eigenvalue weighted by Gasteiger charge is -2.29. The lowest BCUT2D eigenvalue weighted by atomic mass is 9.90. The minimum atomic E-state index is 0.247. The van der Waals surface area contributed by atoms with Crippen molar-refractivity contribution in [3.8, 4) is 0 Å². The highest BCUT2D eigenvalue weighted by molar-refractivity contribution is 6.01. The Labute approximate surface area is 160 Å². The molecule has 0 radical (unpaired) electrons. The Kier molecular flexibility index (Phi) is 8.15. The molecule has 0 aromatic carbocycles. The molecule has 0 saturated heterocycles. The van der Waals surface area contributed by atoms with Gasteiger partial charge in [-0.1, -0.05) is 63.6 Å². The maximum absolute atomic E-state index is 5.25. The molecule has 2 aliphatic rings. The van der Waals surface area contributed by atoms with E-state index in [0.29, 0.717) is 11.8 Å². The molecule has 2 heterocycles. The SMILES string of the molecule is CCCC(C)C1=C(C)C=CC=CC(C)C(C)N=C1N1C=CCCCC=C1. The zero-order valence-electron chi connectivity index (χ0n) is 17.3. The molecule has 0 saturated carbocycles. The monoisotopic (exact) mass is 352 g/mol. The zero-order chi connectivity index (χ0) is 18.9. The number of aliphatic imine (C=N–C) groups is 1. The van der Waals surface area contributed by atoms with Crippen molar-refractivity contribution in [2.75, 3.05) is 0 Å². The van der Waals surface area contributed by atoms with Gasteiger partial charge >= 0.3 is 0 Å². The average Bonchev–Trinajstić information content (AvgIpc) is 2.57. The molecule has 2 rings (SSSR count). The Morgan fingerprint density at radius 3 is 2.50 bits per heavy atom. The van der Waals surface area contributed by atoms with E-state index in [0.717, 1.165) is 18.7 Å². The van der Waals surface area contributed by atoms with E-state index < -0.39 is 0 Å². The smallest absolute Gasteiger partial charge is 0.135 e. The van der Waals surface area contributed by atoms with Crippen LogP contribution in [0.4, 0.5) is 0 Å². The molecule has 2 heteroatoms. The number of nitrogens with zero attached hydrogens (tertiary/aromatic N) is 2. The third-order valence-corrected chi connectivity index (χ3v) is 5.36. The largest absolute Gasteiger partial charge is 0.309 e. The first-order valence-corrected chi connectivity index (χ1v) is 10.3. The molecule has 0 aromatic heterocycles. The van der Waals surface area contributed by atoms with Crippen molar-refractivity contribution in [3.05, 3.63) is 60.0 Å².